The monoisotopic (exact) mass is 263 g/mol. The molecule has 1 aliphatic heterocycles. The molecule has 6 heteroatoms. The second-order valence-corrected chi connectivity index (χ2v) is 4.11. The van der Waals surface area contributed by atoms with Crippen LogP contribution in [0, 0.1) is 5.92 Å². The van der Waals surface area contributed by atoms with E-state index in [0.717, 1.165) is 32.4 Å². The Hall–Kier alpha value is -0.810. The highest BCUT2D eigenvalue weighted by Crippen LogP contribution is 2.09. The van der Waals surface area contributed by atoms with Gasteiger partial charge in [0.2, 0.25) is 11.8 Å². The van der Waals surface area contributed by atoms with E-state index in [0.29, 0.717) is 6.54 Å². The lowest BCUT2D eigenvalue weighted by atomic mass is 9.99. The molecule has 1 heterocycles. The van der Waals surface area contributed by atoms with E-state index in [4.69, 9.17) is 0 Å². The van der Waals surface area contributed by atoms with Crippen LogP contribution in [0.25, 0.3) is 0 Å². The summed E-state index contributed by atoms with van der Waals surface area (Å²) in [7, 11) is 0. The minimum atomic E-state index is -0.112. The van der Waals surface area contributed by atoms with Crippen LogP contribution in [-0.2, 0) is 9.59 Å². The maximum atomic E-state index is 11.6. The van der Waals surface area contributed by atoms with Gasteiger partial charge in [-0.05, 0) is 25.8 Å². The molecule has 2 amide bonds. The number of amides is 2. The highest BCUT2D eigenvalue weighted by molar-refractivity contribution is 5.86. The fourth-order valence-corrected chi connectivity index (χ4v) is 1.71. The maximum Gasteiger partial charge on any atom is 0.239 e. The van der Waals surface area contributed by atoms with Crippen LogP contribution in [-0.4, -0.2) is 38.0 Å². The van der Waals surface area contributed by atoms with Crippen LogP contribution in [0.4, 0.5) is 0 Å². The first-order valence-corrected chi connectivity index (χ1v) is 5.99. The molecule has 17 heavy (non-hydrogen) atoms. The first kappa shape index (κ1) is 16.2. The summed E-state index contributed by atoms with van der Waals surface area (Å²) in [4.78, 5) is 22.9. The largest absolute Gasteiger partial charge is 0.355 e. The Morgan fingerprint density at radius 2 is 2.12 bits per heavy atom. The van der Waals surface area contributed by atoms with Crippen LogP contribution in [0.2, 0.25) is 0 Å². The normalized spacial score (nSPS) is 19.0. The third-order valence-electron chi connectivity index (χ3n) is 2.66. The van der Waals surface area contributed by atoms with Gasteiger partial charge in [-0.3, -0.25) is 9.59 Å². The molecule has 0 spiro atoms. The molecule has 1 atom stereocenters. The zero-order valence-electron chi connectivity index (χ0n) is 10.3. The lowest BCUT2D eigenvalue weighted by Gasteiger charge is -2.21. The topological polar surface area (TPSA) is 70.2 Å². The molecular weight excluding hydrogens is 242 g/mol. The second-order valence-electron chi connectivity index (χ2n) is 4.11. The van der Waals surface area contributed by atoms with Gasteiger partial charge in [0.1, 0.15) is 0 Å². The summed E-state index contributed by atoms with van der Waals surface area (Å²) >= 11 is 0. The number of piperidine rings is 1. The van der Waals surface area contributed by atoms with Crippen molar-refractivity contribution >= 4 is 24.2 Å². The van der Waals surface area contributed by atoms with Crippen molar-refractivity contribution < 1.29 is 9.59 Å². The minimum absolute atomic E-state index is 0. The van der Waals surface area contributed by atoms with Gasteiger partial charge in [-0.1, -0.05) is 6.92 Å². The fourth-order valence-electron chi connectivity index (χ4n) is 1.71. The summed E-state index contributed by atoms with van der Waals surface area (Å²) in [5, 5.41) is 8.57. The first-order chi connectivity index (χ1) is 7.74. The summed E-state index contributed by atoms with van der Waals surface area (Å²) in [6.45, 7) is 4.46. The molecular formula is C11H22ClN3O2. The lowest BCUT2D eigenvalue weighted by Crippen LogP contribution is -2.44. The van der Waals surface area contributed by atoms with Crippen molar-refractivity contribution in [2.45, 2.75) is 26.2 Å². The van der Waals surface area contributed by atoms with Crippen molar-refractivity contribution in [2.75, 3.05) is 26.2 Å². The minimum Gasteiger partial charge on any atom is -0.355 e. The van der Waals surface area contributed by atoms with Gasteiger partial charge in [0, 0.05) is 13.1 Å². The number of halogens is 1. The average molecular weight is 264 g/mol. The highest BCUT2D eigenvalue weighted by atomic mass is 35.5. The molecule has 1 aliphatic rings. The lowest BCUT2D eigenvalue weighted by molar-refractivity contribution is -0.128. The molecule has 1 saturated heterocycles. The molecule has 0 aliphatic carbocycles. The van der Waals surface area contributed by atoms with Gasteiger partial charge in [-0.2, -0.15) is 0 Å². The van der Waals surface area contributed by atoms with E-state index in [1.165, 1.54) is 0 Å². The van der Waals surface area contributed by atoms with E-state index in [-0.39, 0.29) is 36.7 Å². The summed E-state index contributed by atoms with van der Waals surface area (Å²) < 4.78 is 0. The van der Waals surface area contributed by atoms with E-state index in [9.17, 15) is 9.59 Å². The number of carbonyl (C=O) groups is 2. The molecule has 0 aromatic rings. The van der Waals surface area contributed by atoms with E-state index >= 15 is 0 Å². The Morgan fingerprint density at radius 3 is 2.71 bits per heavy atom. The van der Waals surface area contributed by atoms with Crippen LogP contribution < -0.4 is 16.0 Å². The molecule has 0 radical (unpaired) electrons. The second kappa shape index (κ2) is 9.24. The average Bonchev–Trinajstić information content (AvgIpc) is 2.34. The molecule has 5 nitrogen and oxygen atoms in total. The number of hydrogen-bond acceptors (Lipinski definition) is 3. The van der Waals surface area contributed by atoms with E-state index in [1.54, 1.807) is 0 Å². The van der Waals surface area contributed by atoms with Gasteiger partial charge in [0.25, 0.3) is 0 Å². The molecule has 1 unspecified atom stereocenters. The quantitative estimate of drug-likeness (QED) is 0.657. The fraction of sp³-hybridized carbons (Fsp3) is 0.818. The molecule has 3 N–H and O–H groups in total. The van der Waals surface area contributed by atoms with E-state index < -0.39 is 0 Å². The van der Waals surface area contributed by atoms with Crippen LogP contribution in [0.1, 0.15) is 26.2 Å². The zero-order chi connectivity index (χ0) is 11.8. The zero-order valence-corrected chi connectivity index (χ0v) is 11.1. The van der Waals surface area contributed by atoms with Gasteiger partial charge >= 0.3 is 0 Å². The van der Waals surface area contributed by atoms with Gasteiger partial charge < -0.3 is 16.0 Å². The smallest absolute Gasteiger partial charge is 0.239 e. The summed E-state index contributed by atoms with van der Waals surface area (Å²) in [6, 6.07) is 0. The molecule has 0 saturated carbocycles. The van der Waals surface area contributed by atoms with Gasteiger partial charge in [-0.25, -0.2) is 0 Å². The van der Waals surface area contributed by atoms with Crippen LogP contribution in [0.5, 0.6) is 0 Å². The van der Waals surface area contributed by atoms with Crippen molar-refractivity contribution in [1.29, 1.82) is 0 Å². The van der Waals surface area contributed by atoms with Gasteiger partial charge in [0.05, 0.1) is 12.5 Å². The Morgan fingerprint density at radius 1 is 1.35 bits per heavy atom. The highest BCUT2D eigenvalue weighted by Gasteiger charge is 2.20. The number of hydrogen-bond donors (Lipinski definition) is 3. The first-order valence-electron chi connectivity index (χ1n) is 5.99. The third-order valence-corrected chi connectivity index (χ3v) is 2.66. The predicted molar refractivity (Wildman–Crippen MR) is 69.2 cm³/mol. The number of nitrogens with one attached hydrogen (secondary N) is 3. The van der Waals surface area contributed by atoms with Crippen molar-refractivity contribution in [3.05, 3.63) is 0 Å². The summed E-state index contributed by atoms with van der Waals surface area (Å²) in [5.41, 5.74) is 0. The van der Waals surface area contributed by atoms with Crippen molar-refractivity contribution in [1.82, 2.24) is 16.0 Å². The predicted octanol–water partition coefficient (Wildman–Crippen LogP) is 0.0502. The molecule has 0 aromatic carbocycles. The van der Waals surface area contributed by atoms with Crippen molar-refractivity contribution in [3.8, 4) is 0 Å². The van der Waals surface area contributed by atoms with Gasteiger partial charge in [0.15, 0.2) is 0 Å². The molecule has 0 aromatic heterocycles. The van der Waals surface area contributed by atoms with Crippen LogP contribution in [0.15, 0.2) is 0 Å². The molecule has 0 bridgehead atoms. The molecule has 1 fully saturated rings. The molecule has 100 valence electrons. The SMILES string of the molecule is CCCNC(=O)CNC(=O)C1CCCNC1.Cl. The summed E-state index contributed by atoms with van der Waals surface area (Å²) in [5.74, 6) is -0.106. The van der Waals surface area contributed by atoms with E-state index in [2.05, 4.69) is 16.0 Å². The maximum absolute atomic E-state index is 11.6. The Bertz CT molecular complexity index is 243. The van der Waals surface area contributed by atoms with Crippen molar-refractivity contribution in [2.24, 2.45) is 5.92 Å². The summed E-state index contributed by atoms with van der Waals surface area (Å²) in [6.07, 6.45) is 2.85. The van der Waals surface area contributed by atoms with Crippen molar-refractivity contribution in [3.63, 3.8) is 0 Å². The Labute approximate surface area is 109 Å². The van der Waals surface area contributed by atoms with Gasteiger partial charge in [-0.15, -0.1) is 12.4 Å². The van der Waals surface area contributed by atoms with Crippen LogP contribution in [0.3, 0.4) is 0 Å². The standard InChI is InChI=1S/C11H21N3O2.ClH/c1-2-5-13-10(15)8-14-11(16)9-4-3-6-12-7-9;/h9,12H,2-8H2,1H3,(H,13,15)(H,14,16);1H. The number of rotatable bonds is 5. The Kier molecular flexibility index (Phi) is 8.80. The van der Waals surface area contributed by atoms with E-state index in [1.807, 2.05) is 6.92 Å². The van der Waals surface area contributed by atoms with Crippen LogP contribution >= 0.6 is 12.4 Å². The Balaban J connectivity index is 0.00000256. The third kappa shape index (κ3) is 6.48. The number of carbonyl (C=O) groups excluding carboxylic acids is 2. The molecule has 1 rings (SSSR count).